The molecule has 0 aliphatic carbocycles. The summed E-state index contributed by atoms with van der Waals surface area (Å²) >= 11 is 5.74. The number of methoxy groups -OCH3 is 1. The Labute approximate surface area is 143 Å². The lowest BCUT2D eigenvalue weighted by Gasteiger charge is -2.09. The van der Waals surface area contributed by atoms with Crippen molar-refractivity contribution in [2.24, 2.45) is 0 Å². The van der Waals surface area contributed by atoms with E-state index in [1.165, 1.54) is 12.1 Å². The summed E-state index contributed by atoms with van der Waals surface area (Å²) in [6.07, 6.45) is 0. The number of ether oxygens (including phenoxy) is 1. The van der Waals surface area contributed by atoms with Crippen molar-refractivity contribution in [1.29, 1.82) is 0 Å². The van der Waals surface area contributed by atoms with Crippen LogP contribution in [0.4, 0.5) is 11.4 Å². The molecule has 0 saturated heterocycles. The van der Waals surface area contributed by atoms with Crippen molar-refractivity contribution in [2.45, 2.75) is 6.54 Å². The highest BCUT2D eigenvalue weighted by molar-refractivity contribution is 6.32. The molecular weight excluding hydrogens is 334 g/mol. The van der Waals surface area contributed by atoms with E-state index in [4.69, 9.17) is 16.3 Å². The lowest BCUT2D eigenvalue weighted by Crippen LogP contribution is -2.29. The SMILES string of the molecule is COc1cccc(CNC(=O)CNc2ccc(Cl)c([N+](=O)[O-])c2)c1. The van der Waals surface area contributed by atoms with E-state index in [1.807, 2.05) is 24.3 Å². The minimum Gasteiger partial charge on any atom is -0.497 e. The Hall–Kier alpha value is -2.80. The van der Waals surface area contributed by atoms with Gasteiger partial charge < -0.3 is 15.4 Å². The highest BCUT2D eigenvalue weighted by atomic mass is 35.5. The van der Waals surface area contributed by atoms with E-state index in [0.29, 0.717) is 18.0 Å². The number of amides is 1. The van der Waals surface area contributed by atoms with Gasteiger partial charge in [-0.15, -0.1) is 0 Å². The first-order valence-corrected chi connectivity index (χ1v) is 7.45. The molecule has 0 spiro atoms. The Morgan fingerprint density at radius 2 is 2.08 bits per heavy atom. The van der Waals surface area contributed by atoms with Crippen LogP contribution >= 0.6 is 11.6 Å². The molecule has 0 heterocycles. The van der Waals surface area contributed by atoms with Crippen LogP contribution in [0.1, 0.15) is 5.56 Å². The van der Waals surface area contributed by atoms with Gasteiger partial charge in [0.2, 0.25) is 5.91 Å². The summed E-state index contributed by atoms with van der Waals surface area (Å²) in [6.45, 7) is 0.348. The van der Waals surface area contributed by atoms with E-state index >= 15 is 0 Å². The minimum absolute atomic E-state index is 0.0112. The molecule has 0 aliphatic heterocycles. The maximum absolute atomic E-state index is 11.9. The van der Waals surface area contributed by atoms with Crippen LogP contribution in [0.15, 0.2) is 42.5 Å². The van der Waals surface area contributed by atoms with Crippen molar-refractivity contribution in [3.63, 3.8) is 0 Å². The van der Waals surface area contributed by atoms with Gasteiger partial charge in [0.05, 0.1) is 18.6 Å². The molecule has 0 bridgehead atoms. The van der Waals surface area contributed by atoms with Gasteiger partial charge in [-0.3, -0.25) is 14.9 Å². The van der Waals surface area contributed by atoms with Gasteiger partial charge in [0.15, 0.2) is 0 Å². The molecule has 7 nitrogen and oxygen atoms in total. The quantitative estimate of drug-likeness (QED) is 0.592. The summed E-state index contributed by atoms with van der Waals surface area (Å²) in [5.74, 6) is 0.476. The molecule has 1 amide bonds. The van der Waals surface area contributed by atoms with Gasteiger partial charge in [0, 0.05) is 18.3 Å². The predicted molar refractivity (Wildman–Crippen MR) is 91.4 cm³/mol. The molecule has 0 fully saturated rings. The summed E-state index contributed by atoms with van der Waals surface area (Å²) in [7, 11) is 1.58. The fraction of sp³-hybridized carbons (Fsp3) is 0.188. The zero-order valence-corrected chi connectivity index (χ0v) is 13.7. The largest absolute Gasteiger partial charge is 0.497 e. The van der Waals surface area contributed by atoms with Gasteiger partial charge in [-0.25, -0.2) is 0 Å². The molecule has 0 radical (unpaired) electrons. The Balaban J connectivity index is 1.87. The van der Waals surface area contributed by atoms with Crippen molar-refractivity contribution >= 4 is 28.9 Å². The first-order valence-electron chi connectivity index (χ1n) is 7.07. The van der Waals surface area contributed by atoms with Crippen LogP contribution in [0.3, 0.4) is 0 Å². The third-order valence-electron chi connectivity index (χ3n) is 3.22. The van der Waals surface area contributed by atoms with Gasteiger partial charge in [0.25, 0.3) is 5.69 Å². The molecule has 2 aromatic rings. The zero-order valence-electron chi connectivity index (χ0n) is 12.9. The number of rotatable bonds is 7. The molecule has 2 N–H and O–H groups in total. The number of carbonyl (C=O) groups excluding carboxylic acids is 1. The summed E-state index contributed by atoms with van der Waals surface area (Å²) in [5, 5.41) is 16.5. The van der Waals surface area contributed by atoms with Crippen LogP contribution in [0.2, 0.25) is 5.02 Å². The van der Waals surface area contributed by atoms with Gasteiger partial charge in [-0.1, -0.05) is 23.7 Å². The normalized spacial score (nSPS) is 10.1. The number of nitrogens with zero attached hydrogens (tertiary/aromatic N) is 1. The molecule has 0 aliphatic rings. The fourth-order valence-electron chi connectivity index (χ4n) is 1.99. The fourth-order valence-corrected chi connectivity index (χ4v) is 2.18. The molecule has 0 atom stereocenters. The number of hydrogen-bond donors (Lipinski definition) is 2. The molecule has 0 aromatic heterocycles. The Kier molecular flexibility index (Phi) is 5.97. The molecule has 0 unspecified atom stereocenters. The number of halogens is 1. The first-order chi connectivity index (χ1) is 11.5. The lowest BCUT2D eigenvalue weighted by molar-refractivity contribution is -0.384. The van der Waals surface area contributed by atoms with Crippen LogP contribution in [0.5, 0.6) is 5.75 Å². The number of benzene rings is 2. The minimum atomic E-state index is -0.573. The second-order valence-corrected chi connectivity index (χ2v) is 5.31. The van der Waals surface area contributed by atoms with Gasteiger partial charge in [-0.05, 0) is 29.8 Å². The summed E-state index contributed by atoms with van der Waals surface area (Å²) in [6, 6.07) is 11.6. The van der Waals surface area contributed by atoms with Crippen molar-refractivity contribution in [1.82, 2.24) is 5.32 Å². The number of nitrogens with one attached hydrogen (secondary N) is 2. The monoisotopic (exact) mass is 349 g/mol. The number of anilines is 1. The summed E-state index contributed by atoms with van der Waals surface area (Å²) < 4.78 is 5.12. The molecule has 0 saturated carbocycles. The van der Waals surface area contributed by atoms with E-state index in [0.717, 1.165) is 5.56 Å². The topological polar surface area (TPSA) is 93.5 Å². The zero-order chi connectivity index (χ0) is 17.5. The Bertz CT molecular complexity index is 752. The lowest BCUT2D eigenvalue weighted by atomic mass is 10.2. The second kappa shape index (κ2) is 8.16. The number of carbonyl (C=O) groups is 1. The molecule has 2 aromatic carbocycles. The third-order valence-corrected chi connectivity index (χ3v) is 3.54. The molecule has 24 heavy (non-hydrogen) atoms. The number of hydrogen-bond acceptors (Lipinski definition) is 5. The van der Waals surface area contributed by atoms with Gasteiger partial charge in [-0.2, -0.15) is 0 Å². The van der Waals surface area contributed by atoms with Crippen LogP contribution in [0, 0.1) is 10.1 Å². The average Bonchev–Trinajstić information content (AvgIpc) is 2.59. The summed E-state index contributed by atoms with van der Waals surface area (Å²) in [5.41, 5.74) is 1.14. The molecule has 8 heteroatoms. The van der Waals surface area contributed by atoms with Crippen LogP contribution in [-0.4, -0.2) is 24.5 Å². The van der Waals surface area contributed by atoms with Crippen LogP contribution in [-0.2, 0) is 11.3 Å². The van der Waals surface area contributed by atoms with Crippen molar-refractivity contribution in [3.8, 4) is 5.75 Å². The van der Waals surface area contributed by atoms with E-state index < -0.39 is 4.92 Å². The Morgan fingerprint density at radius 1 is 1.29 bits per heavy atom. The highest BCUT2D eigenvalue weighted by Gasteiger charge is 2.13. The average molecular weight is 350 g/mol. The van der Waals surface area contributed by atoms with Crippen molar-refractivity contribution in [3.05, 3.63) is 63.2 Å². The standard InChI is InChI=1S/C16H16ClN3O4/c1-24-13-4-2-3-11(7-13)9-19-16(21)10-18-12-5-6-14(17)15(8-12)20(22)23/h2-8,18H,9-10H2,1H3,(H,19,21). The van der Waals surface area contributed by atoms with Crippen LogP contribution < -0.4 is 15.4 Å². The van der Waals surface area contributed by atoms with E-state index in [1.54, 1.807) is 13.2 Å². The highest BCUT2D eigenvalue weighted by Crippen LogP contribution is 2.27. The van der Waals surface area contributed by atoms with E-state index in [9.17, 15) is 14.9 Å². The third kappa shape index (κ3) is 4.85. The van der Waals surface area contributed by atoms with E-state index in [-0.39, 0.29) is 23.2 Å². The maximum Gasteiger partial charge on any atom is 0.289 e. The molecule has 2 rings (SSSR count). The Morgan fingerprint density at radius 3 is 2.79 bits per heavy atom. The molecule has 126 valence electrons. The summed E-state index contributed by atoms with van der Waals surface area (Å²) in [4.78, 5) is 22.1. The van der Waals surface area contributed by atoms with Crippen LogP contribution in [0.25, 0.3) is 0 Å². The second-order valence-electron chi connectivity index (χ2n) is 4.91. The van der Waals surface area contributed by atoms with Crippen molar-refractivity contribution in [2.75, 3.05) is 19.0 Å². The first kappa shape index (κ1) is 17.6. The van der Waals surface area contributed by atoms with E-state index in [2.05, 4.69) is 10.6 Å². The van der Waals surface area contributed by atoms with Gasteiger partial charge in [0.1, 0.15) is 10.8 Å². The van der Waals surface area contributed by atoms with Gasteiger partial charge >= 0.3 is 0 Å². The molecular formula is C16H16ClN3O4. The maximum atomic E-state index is 11.9. The predicted octanol–water partition coefficient (Wildman–Crippen LogP) is 2.99. The van der Waals surface area contributed by atoms with Crippen molar-refractivity contribution < 1.29 is 14.5 Å². The smallest absolute Gasteiger partial charge is 0.289 e. The number of nitro groups is 1. The number of nitro benzene ring substituents is 1.